The molecule has 1 heterocycles. The topological polar surface area (TPSA) is 59.1 Å². The van der Waals surface area contributed by atoms with Gasteiger partial charge in [0.05, 0.1) is 11.4 Å². The van der Waals surface area contributed by atoms with Gasteiger partial charge in [-0.05, 0) is 22.0 Å². The van der Waals surface area contributed by atoms with E-state index in [1.807, 2.05) is 0 Å². The van der Waals surface area contributed by atoms with Crippen molar-refractivity contribution in [1.82, 2.24) is 4.98 Å². The summed E-state index contributed by atoms with van der Waals surface area (Å²) < 4.78 is 25.7. The second-order valence-corrected chi connectivity index (χ2v) is 5.70. The Bertz CT molecular complexity index is 476. The summed E-state index contributed by atoms with van der Waals surface area (Å²) in [7, 11) is -3.44. The van der Waals surface area contributed by atoms with E-state index in [4.69, 9.17) is 11.6 Å². The minimum Gasteiger partial charge on any atom is -0.280 e. The first-order chi connectivity index (χ1) is 6.94. The van der Waals surface area contributed by atoms with E-state index in [2.05, 4.69) is 32.2 Å². The minimum absolute atomic E-state index is 0.103. The van der Waals surface area contributed by atoms with Crippen LogP contribution in [-0.4, -0.2) is 19.2 Å². The summed E-state index contributed by atoms with van der Waals surface area (Å²) in [5.41, 5.74) is 0.243. The zero-order valence-corrected chi connectivity index (χ0v) is 10.7. The second kappa shape index (κ2) is 4.96. The van der Waals surface area contributed by atoms with Crippen molar-refractivity contribution in [3.8, 4) is 0 Å². The van der Waals surface area contributed by atoms with Gasteiger partial charge in [0.15, 0.2) is 5.15 Å². The van der Waals surface area contributed by atoms with E-state index in [-0.39, 0.29) is 16.6 Å². The third kappa shape index (κ3) is 3.81. The quantitative estimate of drug-likeness (QED) is 0.686. The van der Waals surface area contributed by atoms with Gasteiger partial charge in [0, 0.05) is 10.7 Å². The lowest BCUT2D eigenvalue weighted by Crippen LogP contribution is -2.15. The molecule has 0 fully saturated rings. The van der Waals surface area contributed by atoms with Crippen molar-refractivity contribution < 1.29 is 8.42 Å². The highest BCUT2D eigenvalue weighted by molar-refractivity contribution is 9.10. The molecular formula is C8H8BrClN2O2S. The molecule has 0 unspecified atom stereocenters. The van der Waals surface area contributed by atoms with Crippen LogP contribution in [0.5, 0.6) is 0 Å². The van der Waals surface area contributed by atoms with Crippen LogP contribution in [0.25, 0.3) is 0 Å². The molecule has 1 aromatic heterocycles. The summed E-state index contributed by atoms with van der Waals surface area (Å²) in [6, 6.07) is 1.54. The fourth-order valence-electron chi connectivity index (χ4n) is 0.859. The van der Waals surface area contributed by atoms with Crippen LogP contribution in [0.1, 0.15) is 0 Å². The number of hydrogen-bond acceptors (Lipinski definition) is 3. The van der Waals surface area contributed by atoms with Gasteiger partial charge >= 0.3 is 0 Å². The molecule has 1 aromatic rings. The van der Waals surface area contributed by atoms with E-state index in [1.54, 1.807) is 0 Å². The lowest BCUT2D eigenvalue weighted by Gasteiger charge is -2.07. The van der Waals surface area contributed by atoms with Gasteiger partial charge in [-0.3, -0.25) is 4.72 Å². The molecule has 0 bridgehead atoms. The molecule has 15 heavy (non-hydrogen) atoms. The van der Waals surface area contributed by atoms with Gasteiger partial charge in [0.1, 0.15) is 0 Å². The number of rotatable bonds is 4. The van der Waals surface area contributed by atoms with Crippen LogP contribution < -0.4 is 4.72 Å². The second-order valence-electron chi connectivity index (χ2n) is 2.66. The van der Waals surface area contributed by atoms with Crippen LogP contribution in [0.2, 0.25) is 5.15 Å². The number of hydrogen-bond donors (Lipinski definition) is 1. The number of sulfonamides is 1. The summed E-state index contributed by atoms with van der Waals surface area (Å²) in [5.74, 6) is -0.171. The molecule has 0 aliphatic carbocycles. The number of pyridine rings is 1. The van der Waals surface area contributed by atoms with E-state index in [9.17, 15) is 8.42 Å². The van der Waals surface area contributed by atoms with Crippen molar-refractivity contribution in [2.24, 2.45) is 0 Å². The lowest BCUT2D eigenvalue weighted by molar-refractivity contribution is 0.604. The van der Waals surface area contributed by atoms with Gasteiger partial charge in [0.25, 0.3) is 0 Å². The Labute approximate surface area is 102 Å². The maximum absolute atomic E-state index is 11.4. The van der Waals surface area contributed by atoms with E-state index < -0.39 is 10.0 Å². The molecule has 0 spiro atoms. The molecule has 0 aromatic carbocycles. The highest BCUT2D eigenvalue weighted by Crippen LogP contribution is 2.23. The smallest absolute Gasteiger partial charge is 0.236 e. The van der Waals surface area contributed by atoms with Gasteiger partial charge in [0.2, 0.25) is 10.0 Å². The summed E-state index contributed by atoms with van der Waals surface area (Å²) in [5, 5.41) is 0.103. The largest absolute Gasteiger partial charge is 0.280 e. The van der Waals surface area contributed by atoms with Crippen molar-refractivity contribution in [1.29, 1.82) is 0 Å². The lowest BCUT2D eigenvalue weighted by atomic mass is 10.4. The summed E-state index contributed by atoms with van der Waals surface area (Å²) >= 11 is 8.88. The Morgan fingerprint density at radius 3 is 2.93 bits per heavy atom. The van der Waals surface area contributed by atoms with Gasteiger partial charge < -0.3 is 0 Å². The van der Waals surface area contributed by atoms with Gasteiger partial charge in [-0.2, -0.15) is 0 Å². The molecule has 0 amide bonds. The minimum atomic E-state index is -3.44. The third-order valence-electron chi connectivity index (χ3n) is 1.41. The fourth-order valence-corrected chi connectivity index (χ4v) is 2.28. The van der Waals surface area contributed by atoms with Crippen molar-refractivity contribution in [2.75, 3.05) is 10.5 Å². The molecule has 82 valence electrons. The van der Waals surface area contributed by atoms with Gasteiger partial charge in [-0.1, -0.05) is 17.7 Å². The van der Waals surface area contributed by atoms with Crippen LogP contribution in [-0.2, 0) is 10.0 Å². The number of nitrogens with one attached hydrogen (secondary N) is 1. The fraction of sp³-hybridized carbons (Fsp3) is 0.125. The zero-order chi connectivity index (χ0) is 11.5. The molecule has 1 N–H and O–H groups in total. The zero-order valence-electron chi connectivity index (χ0n) is 7.57. The molecule has 0 aliphatic rings. The average Bonchev–Trinajstić information content (AvgIpc) is 2.10. The summed E-state index contributed by atoms with van der Waals surface area (Å²) in [6.45, 7) is 3.35. The standard InChI is InChI=1S/C8H8BrClN2O2S/c1-2-3-15(13,14)12-7-4-6(9)5-11-8(7)10/h2,4-5,12H,1,3H2. The van der Waals surface area contributed by atoms with Gasteiger partial charge in [-0.15, -0.1) is 6.58 Å². The Morgan fingerprint density at radius 2 is 2.33 bits per heavy atom. The van der Waals surface area contributed by atoms with Gasteiger partial charge in [-0.25, -0.2) is 13.4 Å². The molecule has 0 atom stereocenters. The molecule has 1 rings (SSSR count). The molecule has 4 nitrogen and oxygen atoms in total. The highest BCUT2D eigenvalue weighted by atomic mass is 79.9. The Balaban J connectivity index is 2.99. The van der Waals surface area contributed by atoms with Crippen LogP contribution in [0.3, 0.4) is 0 Å². The molecule has 0 aliphatic heterocycles. The number of halogens is 2. The molecule has 0 saturated heterocycles. The number of nitrogens with zero attached hydrogens (tertiary/aromatic N) is 1. The monoisotopic (exact) mass is 310 g/mol. The van der Waals surface area contributed by atoms with E-state index in [0.717, 1.165) is 0 Å². The Hall–Kier alpha value is -0.590. The molecule has 0 saturated carbocycles. The third-order valence-corrected chi connectivity index (χ3v) is 3.35. The Kier molecular flexibility index (Phi) is 4.12. The first kappa shape index (κ1) is 12.5. The number of aromatic nitrogens is 1. The van der Waals surface area contributed by atoms with Crippen LogP contribution in [0.15, 0.2) is 29.4 Å². The first-order valence-corrected chi connectivity index (χ1v) is 6.69. The highest BCUT2D eigenvalue weighted by Gasteiger charge is 2.11. The number of anilines is 1. The Morgan fingerprint density at radius 1 is 1.67 bits per heavy atom. The molecule has 7 heteroatoms. The van der Waals surface area contributed by atoms with Crippen LogP contribution in [0, 0.1) is 0 Å². The molecule has 0 radical (unpaired) electrons. The van der Waals surface area contributed by atoms with Crippen LogP contribution >= 0.6 is 27.5 Å². The predicted octanol–water partition coefficient (Wildman–Crippen LogP) is 2.43. The van der Waals surface area contributed by atoms with Crippen molar-refractivity contribution in [2.45, 2.75) is 0 Å². The van der Waals surface area contributed by atoms with Crippen molar-refractivity contribution >= 4 is 43.2 Å². The van der Waals surface area contributed by atoms with E-state index in [1.165, 1.54) is 18.3 Å². The maximum atomic E-state index is 11.4. The maximum Gasteiger partial charge on any atom is 0.236 e. The average molecular weight is 312 g/mol. The van der Waals surface area contributed by atoms with E-state index >= 15 is 0 Å². The first-order valence-electron chi connectivity index (χ1n) is 3.87. The normalized spacial score (nSPS) is 11.1. The van der Waals surface area contributed by atoms with Crippen molar-refractivity contribution in [3.63, 3.8) is 0 Å². The van der Waals surface area contributed by atoms with Crippen molar-refractivity contribution in [3.05, 3.63) is 34.5 Å². The summed E-state index contributed by atoms with van der Waals surface area (Å²) in [6.07, 6.45) is 2.77. The van der Waals surface area contributed by atoms with Crippen LogP contribution in [0.4, 0.5) is 5.69 Å². The SMILES string of the molecule is C=CCS(=O)(=O)Nc1cc(Br)cnc1Cl. The predicted molar refractivity (Wildman–Crippen MR) is 64.6 cm³/mol. The molecular weight excluding hydrogens is 304 g/mol. The van der Waals surface area contributed by atoms with E-state index in [0.29, 0.717) is 4.47 Å². The summed E-state index contributed by atoms with van der Waals surface area (Å²) in [4.78, 5) is 3.79.